The topological polar surface area (TPSA) is 58.6 Å². The number of nitrogens with one attached hydrogen (secondary N) is 1. The molecule has 4 nitrogen and oxygen atoms in total. The number of carbonyl (C=O) groups is 1. The zero-order chi connectivity index (χ0) is 20.1. The van der Waals surface area contributed by atoms with Gasteiger partial charge in [0.25, 0.3) is 0 Å². The smallest absolute Gasteiger partial charge is 0.338 e. The zero-order valence-corrected chi connectivity index (χ0v) is 16.9. The Morgan fingerprint density at radius 3 is 2.33 bits per heavy atom. The number of halogens is 3. The van der Waals surface area contributed by atoms with Crippen molar-refractivity contribution in [3.05, 3.63) is 57.1 Å². The van der Waals surface area contributed by atoms with E-state index >= 15 is 0 Å². The van der Waals surface area contributed by atoms with Crippen molar-refractivity contribution >= 4 is 34.9 Å². The van der Waals surface area contributed by atoms with Crippen LogP contribution in [-0.4, -0.2) is 23.3 Å². The Labute approximate surface area is 168 Å². The van der Waals surface area contributed by atoms with Gasteiger partial charge < -0.3 is 15.2 Å². The van der Waals surface area contributed by atoms with Crippen molar-refractivity contribution in [3.8, 4) is 5.75 Å². The summed E-state index contributed by atoms with van der Waals surface area (Å²) in [4.78, 5) is 10.7. The van der Waals surface area contributed by atoms with Crippen LogP contribution in [0.1, 0.15) is 30.5 Å². The third-order valence-corrected chi connectivity index (χ3v) is 4.28. The first-order valence-electron chi connectivity index (χ1n) is 8.50. The van der Waals surface area contributed by atoms with Gasteiger partial charge in [0.15, 0.2) is 5.75 Å². The second kappa shape index (κ2) is 9.29. The molecule has 0 aromatic heterocycles. The van der Waals surface area contributed by atoms with Crippen LogP contribution in [0.4, 0.5) is 10.1 Å². The lowest BCUT2D eigenvalue weighted by molar-refractivity contribution is -0.142. The van der Waals surface area contributed by atoms with Gasteiger partial charge in [-0.05, 0) is 61.7 Å². The van der Waals surface area contributed by atoms with Gasteiger partial charge in [-0.2, -0.15) is 0 Å². The summed E-state index contributed by atoms with van der Waals surface area (Å²) in [6.45, 7) is 6.38. The molecule has 0 fully saturated rings. The molecule has 7 heteroatoms. The van der Waals surface area contributed by atoms with E-state index in [0.29, 0.717) is 11.6 Å². The number of hydrogen-bond acceptors (Lipinski definition) is 3. The quantitative estimate of drug-likeness (QED) is 0.585. The van der Waals surface area contributed by atoms with Crippen molar-refractivity contribution in [1.29, 1.82) is 0 Å². The van der Waals surface area contributed by atoms with Crippen LogP contribution in [0.5, 0.6) is 5.75 Å². The van der Waals surface area contributed by atoms with E-state index in [1.54, 1.807) is 0 Å². The first-order valence-corrected chi connectivity index (χ1v) is 9.26. The lowest BCUT2D eigenvalue weighted by Crippen LogP contribution is -2.17. The minimum atomic E-state index is -2.01. The van der Waals surface area contributed by atoms with Crippen LogP contribution < -0.4 is 10.1 Å². The number of alkyl halides is 1. The zero-order valence-electron chi connectivity index (χ0n) is 15.4. The van der Waals surface area contributed by atoms with Gasteiger partial charge in [-0.3, -0.25) is 0 Å². The second-order valence-electron chi connectivity index (χ2n) is 6.69. The highest BCUT2D eigenvalue weighted by Gasteiger charge is 2.18. The van der Waals surface area contributed by atoms with E-state index in [0.717, 1.165) is 16.8 Å². The average Bonchev–Trinajstić information content (AvgIpc) is 2.52. The molecular formula is C20H22Cl2FNO3. The summed E-state index contributed by atoms with van der Waals surface area (Å²) < 4.78 is 19.2. The summed E-state index contributed by atoms with van der Waals surface area (Å²) in [5.41, 5.74) is 3.43. The van der Waals surface area contributed by atoms with Crippen molar-refractivity contribution in [1.82, 2.24) is 0 Å². The van der Waals surface area contributed by atoms with E-state index in [2.05, 4.69) is 19.2 Å². The highest BCUT2D eigenvalue weighted by Crippen LogP contribution is 2.35. The molecule has 0 saturated carbocycles. The van der Waals surface area contributed by atoms with E-state index < -0.39 is 12.1 Å². The molecule has 27 heavy (non-hydrogen) atoms. The van der Waals surface area contributed by atoms with Crippen molar-refractivity contribution in [2.45, 2.75) is 46.0 Å². The van der Waals surface area contributed by atoms with Gasteiger partial charge in [0.1, 0.15) is 6.61 Å². The van der Waals surface area contributed by atoms with Gasteiger partial charge in [0.05, 0.1) is 10.0 Å². The van der Waals surface area contributed by atoms with E-state index in [9.17, 15) is 9.18 Å². The summed E-state index contributed by atoms with van der Waals surface area (Å²) in [6.07, 6.45) is -2.32. The SMILES string of the molecule is Cc1cc(COc2c(Cl)cc(CC(F)C(=O)O)cc2Cl)cc(NC(C)C)c1. The third-order valence-electron chi connectivity index (χ3n) is 3.72. The van der Waals surface area contributed by atoms with Crippen molar-refractivity contribution in [3.63, 3.8) is 0 Å². The number of ether oxygens (including phenoxy) is 1. The number of carboxylic acid groups (broad SMARTS) is 1. The Kier molecular flexibility index (Phi) is 7.33. The Balaban J connectivity index is 2.14. The first kappa shape index (κ1) is 21.3. The molecule has 0 radical (unpaired) electrons. The molecule has 0 aliphatic carbocycles. The maximum absolute atomic E-state index is 13.4. The fraction of sp³-hybridized carbons (Fsp3) is 0.350. The van der Waals surface area contributed by atoms with E-state index in [4.69, 9.17) is 33.0 Å². The molecule has 1 unspecified atom stereocenters. The van der Waals surface area contributed by atoms with Gasteiger partial charge in [-0.25, -0.2) is 9.18 Å². The van der Waals surface area contributed by atoms with Gasteiger partial charge in [0, 0.05) is 18.2 Å². The lowest BCUT2D eigenvalue weighted by Gasteiger charge is -2.15. The van der Waals surface area contributed by atoms with E-state index in [1.807, 2.05) is 25.1 Å². The molecule has 2 aromatic carbocycles. The van der Waals surface area contributed by atoms with Crippen LogP contribution in [0.15, 0.2) is 30.3 Å². The summed E-state index contributed by atoms with van der Waals surface area (Å²) in [5.74, 6) is -1.24. The highest BCUT2D eigenvalue weighted by molar-refractivity contribution is 6.37. The minimum absolute atomic E-state index is 0.211. The molecule has 0 bridgehead atoms. The Morgan fingerprint density at radius 1 is 1.15 bits per heavy atom. The molecule has 146 valence electrons. The van der Waals surface area contributed by atoms with Crippen LogP contribution in [0.3, 0.4) is 0 Å². The lowest BCUT2D eigenvalue weighted by atomic mass is 10.1. The third kappa shape index (κ3) is 6.29. The monoisotopic (exact) mass is 413 g/mol. The van der Waals surface area contributed by atoms with Gasteiger partial charge in [-0.1, -0.05) is 29.3 Å². The fourth-order valence-corrected chi connectivity index (χ4v) is 3.32. The number of aliphatic carboxylic acids is 1. The summed E-state index contributed by atoms with van der Waals surface area (Å²) in [7, 11) is 0. The van der Waals surface area contributed by atoms with Crippen LogP contribution in [0.2, 0.25) is 10.0 Å². The molecule has 0 heterocycles. The molecule has 2 rings (SSSR count). The predicted molar refractivity (Wildman–Crippen MR) is 107 cm³/mol. The van der Waals surface area contributed by atoms with Crippen LogP contribution in [0, 0.1) is 6.92 Å². The number of benzene rings is 2. The molecule has 2 N–H and O–H groups in total. The molecule has 0 spiro atoms. The largest absolute Gasteiger partial charge is 0.486 e. The molecule has 2 aromatic rings. The Bertz CT molecular complexity index is 804. The molecule has 0 saturated heterocycles. The maximum atomic E-state index is 13.4. The molecular weight excluding hydrogens is 392 g/mol. The van der Waals surface area contributed by atoms with Crippen LogP contribution in [0.25, 0.3) is 0 Å². The van der Waals surface area contributed by atoms with Crippen LogP contribution >= 0.6 is 23.2 Å². The normalized spacial score (nSPS) is 12.1. The van der Waals surface area contributed by atoms with Crippen LogP contribution in [-0.2, 0) is 17.8 Å². The predicted octanol–water partition coefficient (Wildman–Crippen LogP) is 5.67. The van der Waals surface area contributed by atoms with Gasteiger partial charge >= 0.3 is 5.97 Å². The Hall–Kier alpha value is -1.98. The average molecular weight is 414 g/mol. The molecule has 0 aliphatic heterocycles. The van der Waals surface area contributed by atoms with Crippen molar-refractivity contribution in [2.24, 2.45) is 0 Å². The summed E-state index contributed by atoms with van der Waals surface area (Å²) in [5, 5.41) is 12.4. The second-order valence-corrected chi connectivity index (χ2v) is 7.51. The van der Waals surface area contributed by atoms with Gasteiger partial charge in [-0.15, -0.1) is 0 Å². The van der Waals surface area contributed by atoms with E-state index in [1.165, 1.54) is 12.1 Å². The van der Waals surface area contributed by atoms with Crippen molar-refractivity contribution in [2.75, 3.05) is 5.32 Å². The highest BCUT2D eigenvalue weighted by atomic mass is 35.5. The number of aryl methyl sites for hydroxylation is 1. The first-order chi connectivity index (χ1) is 12.7. The summed E-state index contributed by atoms with van der Waals surface area (Å²) >= 11 is 12.4. The summed E-state index contributed by atoms with van der Waals surface area (Å²) in [6, 6.07) is 9.29. The Morgan fingerprint density at radius 2 is 1.78 bits per heavy atom. The number of anilines is 1. The molecule has 0 aliphatic rings. The van der Waals surface area contributed by atoms with Gasteiger partial charge in [0.2, 0.25) is 6.17 Å². The van der Waals surface area contributed by atoms with Crippen molar-refractivity contribution < 1.29 is 19.0 Å². The number of carboxylic acids is 1. The number of hydrogen-bond donors (Lipinski definition) is 2. The fourth-order valence-electron chi connectivity index (χ4n) is 2.68. The van der Waals surface area contributed by atoms with E-state index in [-0.39, 0.29) is 28.8 Å². The standard InChI is InChI=1S/C20H22Cl2FNO3/c1-11(2)24-15-5-12(3)4-14(6-15)10-27-19-16(21)7-13(8-17(19)22)9-18(23)20(25)26/h4-8,11,18,24H,9-10H2,1-3H3,(H,25,26). The maximum Gasteiger partial charge on any atom is 0.338 e. The number of rotatable bonds is 8. The molecule has 1 atom stereocenters. The minimum Gasteiger partial charge on any atom is -0.486 e. The molecule has 0 amide bonds.